The molecule has 4 nitrogen and oxygen atoms in total. The normalized spacial score (nSPS) is 16.2. The molecule has 1 heterocycles. The zero-order chi connectivity index (χ0) is 8.43. The summed E-state index contributed by atoms with van der Waals surface area (Å²) in [7, 11) is 0. The van der Waals surface area contributed by atoms with Gasteiger partial charge in [-0.15, -0.1) is 12.4 Å². The Balaban J connectivity index is 0.00000121. The second-order valence-corrected chi connectivity index (χ2v) is 3.54. The number of hydrogen-bond donors (Lipinski definition) is 1. The molecule has 0 atom stereocenters. The minimum Gasteiger partial charge on any atom is -0.480 e. The highest BCUT2D eigenvalue weighted by molar-refractivity contribution is 8.23. The molecule has 0 bridgehead atoms. The first-order valence-electron chi connectivity index (χ1n) is 2.80. The van der Waals surface area contributed by atoms with Crippen LogP contribution in [0.5, 0.6) is 0 Å². The molecule has 1 aliphatic heterocycles. The van der Waals surface area contributed by atoms with Crippen LogP contribution in [0.25, 0.3) is 0 Å². The van der Waals surface area contributed by atoms with E-state index < -0.39 is 5.97 Å². The van der Waals surface area contributed by atoms with Crippen LogP contribution < -0.4 is 0 Å². The third-order valence-corrected chi connectivity index (χ3v) is 2.57. The van der Waals surface area contributed by atoms with Crippen molar-refractivity contribution in [2.24, 2.45) is 0 Å². The van der Waals surface area contributed by atoms with Gasteiger partial charge in [-0.25, -0.2) is 0 Å². The Morgan fingerprint density at radius 3 is 2.67 bits per heavy atom. The van der Waals surface area contributed by atoms with Gasteiger partial charge in [0, 0.05) is 0 Å². The lowest BCUT2D eigenvalue weighted by Crippen LogP contribution is -2.33. The summed E-state index contributed by atoms with van der Waals surface area (Å²) >= 11 is 5.94. The number of aliphatic carboxylic acids is 1. The molecule has 12 heavy (non-hydrogen) atoms. The first-order chi connectivity index (χ1) is 5.11. The molecule has 0 radical (unpaired) electrons. The molecule has 0 aromatic carbocycles. The van der Waals surface area contributed by atoms with Gasteiger partial charge in [-0.05, 0) is 0 Å². The van der Waals surface area contributed by atoms with E-state index in [1.807, 2.05) is 0 Å². The number of carboxylic acid groups (broad SMARTS) is 1. The van der Waals surface area contributed by atoms with Gasteiger partial charge < -0.3 is 5.11 Å². The second-order valence-electron chi connectivity index (χ2n) is 1.93. The monoisotopic (exact) mass is 227 g/mol. The SMILES string of the molecule is Cl.O=C(O)CN1C(=O)CSC1=S. The maximum Gasteiger partial charge on any atom is 0.323 e. The van der Waals surface area contributed by atoms with Crippen molar-refractivity contribution in [2.45, 2.75) is 0 Å². The van der Waals surface area contributed by atoms with Crippen molar-refractivity contribution in [2.75, 3.05) is 12.3 Å². The minimum atomic E-state index is -1.04. The first-order valence-corrected chi connectivity index (χ1v) is 4.19. The van der Waals surface area contributed by atoms with Crippen LogP contribution in [0.15, 0.2) is 0 Å². The fraction of sp³-hybridized carbons (Fsp3) is 0.400. The molecule has 1 rings (SSSR count). The molecule has 0 aromatic heterocycles. The summed E-state index contributed by atoms with van der Waals surface area (Å²) < 4.78 is 0.359. The molecule has 7 heteroatoms. The summed E-state index contributed by atoms with van der Waals surface area (Å²) in [5, 5.41) is 8.35. The van der Waals surface area contributed by atoms with Gasteiger partial charge in [-0.1, -0.05) is 24.0 Å². The Morgan fingerprint density at radius 2 is 2.33 bits per heavy atom. The fourth-order valence-electron chi connectivity index (χ4n) is 0.669. The molecular formula is C5H6ClNO3S2. The molecule has 0 spiro atoms. The van der Waals surface area contributed by atoms with Crippen molar-refractivity contribution in [3.63, 3.8) is 0 Å². The van der Waals surface area contributed by atoms with Gasteiger partial charge in [0.2, 0.25) is 5.91 Å². The van der Waals surface area contributed by atoms with Crippen molar-refractivity contribution in [3.05, 3.63) is 0 Å². The number of carbonyl (C=O) groups is 2. The average molecular weight is 228 g/mol. The van der Waals surface area contributed by atoms with Gasteiger partial charge in [0.25, 0.3) is 0 Å². The average Bonchev–Trinajstić information content (AvgIpc) is 2.18. The van der Waals surface area contributed by atoms with Crippen LogP contribution in [0.3, 0.4) is 0 Å². The van der Waals surface area contributed by atoms with Gasteiger partial charge in [0.1, 0.15) is 10.9 Å². The zero-order valence-corrected chi connectivity index (χ0v) is 8.30. The number of carbonyl (C=O) groups excluding carboxylic acids is 1. The smallest absolute Gasteiger partial charge is 0.323 e. The van der Waals surface area contributed by atoms with E-state index in [0.29, 0.717) is 4.32 Å². The third-order valence-electron chi connectivity index (χ3n) is 1.13. The van der Waals surface area contributed by atoms with Crippen molar-refractivity contribution < 1.29 is 14.7 Å². The van der Waals surface area contributed by atoms with Gasteiger partial charge in [0.15, 0.2) is 0 Å². The van der Waals surface area contributed by atoms with E-state index in [1.54, 1.807) is 0 Å². The van der Waals surface area contributed by atoms with E-state index in [0.717, 1.165) is 4.90 Å². The number of thiocarbonyl (C=S) groups is 1. The summed E-state index contributed by atoms with van der Waals surface area (Å²) in [5.41, 5.74) is 0. The standard InChI is InChI=1S/C5H5NO3S2.ClH/c7-3-2-11-5(10)6(3)1-4(8)9;/h1-2H2,(H,8,9);1H. The van der Waals surface area contributed by atoms with Gasteiger partial charge in [-0.2, -0.15) is 0 Å². The molecular weight excluding hydrogens is 222 g/mol. The van der Waals surface area contributed by atoms with Crippen molar-refractivity contribution in [1.29, 1.82) is 0 Å². The molecule has 0 unspecified atom stereocenters. The topological polar surface area (TPSA) is 57.6 Å². The Hall–Kier alpha value is -0.330. The second kappa shape index (κ2) is 4.64. The molecule has 0 aliphatic carbocycles. The van der Waals surface area contributed by atoms with E-state index in [4.69, 9.17) is 17.3 Å². The molecule has 1 N–H and O–H groups in total. The number of thioether (sulfide) groups is 1. The predicted molar refractivity (Wildman–Crippen MR) is 51.7 cm³/mol. The number of nitrogens with zero attached hydrogens (tertiary/aromatic N) is 1. The number of carboxylic acids is 1. The highest BCUT2D eigenvalue weighted by atomic mass is 35.5. The van der Waals surface area contributed by atoms with Crippen molar-refractivity contribution in [1.82, 2.24) is 4.90 Å². The van der Waals surface area contributed by atoms with Crippen molar-refractivity contribution >= 4 is 52.6 Å². The summed E-state index contributed by atoms with van der Waals surface area (Å²) in [5.74, 6) is -0.989. The highest BCUT2D eigenvalue weighted by Gasteiger charge is 2.27. The van der Waals surface area contributed by atoms with Crippen LogP contribution in [0, 0.1) is 0 Å². The minimum absolute atomic E-state index is 0. The Labute approximate surface area is 84.7 Å². The van der Waals surface area contributed by atoms with Crippen LogP contribution in [0.1, 0.15) is 0 Å². The maximum atomic E-state index is 10.9. The van der Waals surface area contributed by atoms with Gasteiger partial charge in [0.05, 0.1) is 5.75 Å². The van der Waals surface area contributed by atoms with Crippen LogP contribution in [-0.4, -0.2) is 38.5 Å². The molecule has 1 amide bonds. The number of amides is 1. The molecule has 0 aromatic rings. The summed E-state index contributed by atoms with van der Waals surface area (Å²) in [6.45, 7) is -0.315. The van der Waals surface area contributed by atoms with E-state index >= 15 is 0 Å². The van der Waals surface area contributed by atoms with Crippen molar-refractivity contribution in [3.8, 4) is 0 Å². The number of rotatable bonds is 2. The maximum absolute atomic E-state index is 10.9. The van der Waals surface area contributed by atoms with E-state index in [9.17, 15) is 9.59 Å². The fourth-order valence-corrected chi connectivity index (χ4v) is 1.74. The molecule has 68 valence electrons. The zero-order valence-electron chi connectivity index (χ0n) is 5.85. The lowest BCUT2D eigenvalue weighted by Gasteiger charge is -2.10. The largest absolute Gasteiger partial charge is 0.480 e. The Bertz CT molecular complexity index is 217. The predicted octanol–water partition coefficient (Wildman–Crippen LogP) is 0.353. The molecule has 1 fully saturated rings. The first kappa shape index (κ1) is 11.7. The van der Waals surface area contributed by atoms with E-state index in [2.05, 4.69) is 0 Å². The molecule has 1 aliphatic rings. The van der Waals surface area contributed by atoms with Gasteiger partial charge in [-0.3, -0.25) is 14.5 Å². The van der Waals surface area contributed by atoms with E-state index in [-0.39, 0.29) is 30.6 Å². The Kier molecular flexibility index (Phi) is 4.51. The lowest BCUT2D eigenvalue weighted by molar-refractivity contribution is -0.140. The summed E-state index contributed by atoms with van der Waals surface area (Å²) in [6.07, 6.45) is 0. The van der Waals surface area contributed by atoms with Crippen LogP contribution >= 0.6 is 36.4 Å². The number of hydrogen-bond acceptors (Lipinski definition) is 4. The number of halogens is 1. The molecule has 1 saturated heterocycles. The van der Waals surface area contributed by atoms with E-state index in [1.165, 1.54) is 11.8 Å². The molecule has 0 saturated carbocycles. The third kappa shape index (κ3) is 2.62. The van der Waals surface area contributed by atoms with Crippen LogP contribution in [0.4, 0.5) is 0 Å². The van der Waals surface area contributed by atoms with Crippen LogP contribution in [-0.2, 0) is 9.59 Å². The lowest BCUT2D eigenvalue weighted by atomic mass is 10.5. The van der Waals surface area contributed by atoms with Crippen LogP contribution in [0.2, 0.25) is 0 Å². The summed E-state index contributed by atoms with van der Waals surface area (Å²) in [4.78, 5) is 22.2. The highest BCUT2D eigenvalue weighted by Crippen LogP contribution is 2.18. The Morgan fingerprint density at radius 1 is 1.75 bits per heavy atom. The summed E-state index contributed by atoms with van der Waals surface area (Å²) in [6, 6.07) is 0. The van der Waals surface area contributed by atoms with Gasteiger partial charge >= 0.3 is 5.97 Å². The quantitative estimate of drug-likeness (QED) is 0.690.